The summed E-state index contributed by atoms with van der Waals surface area (Å²) in [4.78, 5) is 16.7. The van der Waals surface area contributed by atoms with Crippen LogP contribution in [0.2, 0.25) is 0 Å². The summed E-state index contributed by atoms with van der Waals surface area (Å²) in [5, 5.41) is 5.38. The zero-order valence-electron chi connectivity index (χ0n) is 19.3. The zero-order valence-corrected chi connectivity index (χ0v) is 20.9. The van der Waals surface area contributed by atoms with Gasteiger partial charge in [0.2, 0.25) is 10.0 Å². The third kappa shape index (κ3) is 6.05. The Hall–Kier alpha value is -1.58. The second-order valence-electron chi connectivity index (χ2n) is 8.44. The predicted octanol–water partition coefficient (Wildman–Crippen LogP) is 4.02. The second-order valence-corrected chi connectivity index (χ2v) is 11.4. The number of nitrogens with one attached hydrogen (secondary N) is 1. The normalized spacial score (nSPS) is 18.7. The smallest absolute Gasteiger partial charge is 0.243 e. The summed E-state index contributed by atoms with van der Waals surface area (Å²) in [7, 11) is -3.58. The first-order chi connectivity index (χ1) is 15.4. The van der Waals surface area contributed by atoms with Crippen LogP contribution in [0, 0.1) is 5.92 Å². The van der Waals surface area contributed by atoms with E-state index < -0.39 is 10.0 Å². The minimum atomic E-state index is -3.58. The molecule has 1 aliphatic heterocycles. The van der Waals surface area contributed by atoms with Crippen molar-refractivity contribution in [1.82, 2.24) is 14.5 Å². The second kappa shape index (κ2) is 11.5. The van der Waals surface area contributed by atoms with Gasteiger partial charge in [0.05, 0.1) is 17.5 Å². The Bertz CT molecular complexity index is 972. The number of carbonyl (C=O) groups is 1. The summed E-state index contributed by atoms with van der Waals surface area (Å²) in [6.45, 7) is 10.2. The van der Waals surface area contributed by atoms with Crippen LogP contribution in [-0.2, 0) is 10.0 Å². The van der Waals surface area contributed by atoms with Crippen LogP contribution >= 0.6 is 11.3 Å². The molecule has 0 aliphatic carbocycles. The molecule has 8 heteroatoms. The van der Waals surface area contributed by atoms with Crippen LogP contribution < -0.4 is 5.32 Å². The van der Waals surface area contributed by atoms with Crippen LogP contribution in [0.5, 0.6) is 0 Å². The van der Waals surface area contributed by atoms with Crippen LogP contribution in [0.4, 0.5) is 0 Å². The van der Waals surface area contributed by atoms with Gasteiger partial charge in [-0.25, -0.2) is 8.42 Å². The van der Waals surface area contributed by atoms with E-state index in [9.17, 15) is 13.2 Å². The third-order valence-electron chi connectivity index (χ3n) is 6.16. The Balaban J connectivity index is 1.65. The molecular formula is C24H35N3O3S2. The number of likely N-dealkylation sites (N-methyl/N-ethyl adjacent to an activating group) is 1. The molecule has 2 atom stereocenters. The van der Waals surface area contributed by atoms with Gasteiger partial charge in [0.1, 0.15) is 0 Å². The molecule has 3 rings (SSSR count). The molecule has 1 aromatic heterocycles. The molecule has 0 spiro atoms. The summed E-state index contributed by atoms with van der Waals surface area (Å²) in [5.74, 6) is 0.258. The lowest BCUT2D eigenvalue weighted by atomic mass is 10.0. The van der Waals surface area contributed by atoms with E-state index in [-0.39, 0.29) is 23.3 Å². The van der Waals surface area contributed by atoms with Crippen molar-refractivity contribution in [3.8, 4) is 0 Å². The lowest BCUT2D eigenvalue weighted by Gasteiger charge is -2.30. The quantitative estimate of drug-likeness (QED) is 0.495. The van der Waals surface area contributed by atoms with Crippen LogP contribution in [0.25, 0.3) is 0 Å². The number of ketones is 1. The van der Waals surface area contributed by atoms with Crippen LogP contribution in [0.15, 0.2) is 46.7 Å². The number of hydrogen-bond donors (Lipinski definition) is 1. The van der Waals surface area contributed by atoms with Crippen molar-refractivity contribution in [3.05, 3.63) is 52.2 Å². The number of sulfonamides is 1. The number of hydrogen-bond acceptors (Lipinski definition) is 6. The van der Waals surface area contributed by atoms with Crippen LogP contribution in [-0.4, -0.2) is 62.7 Å². The first-order valence-electron chi connectivity index (χ1n) is 11.5. The Morgan fingerprint density at radius 3 is 2.69 bits per heavy atom. The van der Waals surface area contributed by atoms with Gasteiger partial charge in [-0.05, 0) is 55.4 Å². The number of carbonyl (C=O) groups excluding carboxylic acids is 1. The molecule has 2 unspecified atom stereocenters. The fourth-order valence-electron chi connectivity index (χ4n) is 4.32. The number of nitrogens with zero attached hydrogens (tertiary/aromatic N) is 2. The maximum absolute atomic E-state index is 13.1. The van der Waals surface area contributed by atoms with Gasteiger partial charge in [-0.1, -0.05) is 39.0 Å². The molecule has 32 heavy (non-hydrogen) atoms. The average molecular weight is 478 g/mol. The Morgan fingerprint density at radius 1 is 1.25 bits per heavy atom. The monoisotopic (exact) mass is 477 g/mol. The van der Waals surface area contributed by atoms with Crippen molar-refractivity contribution >= 4 is 27.1 Å². The molecule has 1 saturated heterocycles. The summed E-state index contributed by atoms with van der Waals surface area (Å²) >= 11 is 1.73. The van der Waals surface area contributed by atoms with E-state index in [1.807, 2.05) is 0 Å². The average Bonchev–Trinajstić information content (AvgIpc) is 3.33. The molecule has 176 valence electrons. The molecule has 1 aliphatic rings. The molecule has 1 fully saturated rings. The topological polar surface area (TPSA) is 69.7 Å². The van der Waals surface area contributed by atoms with Crippen molar-refractivity contribution in [1.29, 1.82) is 0 Å². The highest BCUT2D eigenvalue weighted by Crippen LogP contribution is 2.25. The lowest BCUT2D eigenvalue weighted by Crippen LogP contribution is -2.39. The summed E-state index contributed by atoms with van der Waals surface area (Å²) in [6.07, 6.45) is 1.93. The summed E-state index contributed by atoms with van der Waals surface area (Å²) in [6, 6.07) is 10.9. The summed E-state index contributed by atoms with van der Waals surface area (Å²) in [5.41, 5.74) is 0.430. The minimum Gasteiger partial charge on any atom is -0.308 e. The number of Topliss-reactive ketones (excluding diaryl/α,β-unsaturated/α-hetero) is 1. The van der Waals surface area contributed by atoms with Crippen molar-refractivity contribution in [2.75, 3.05) is 39.3 Å². The van der Waals surface area contributed by atoms with E-state index in [0.717, 1.165) is 25.9 Å². The molecule has 0 bridgehead atoms. The molecule has 2 aromatic rings. The van der Waals surface area contributed by atoms with E-state index in [1.54, 1.807) is 33.8 Å². The number of rotatable bonds is 11. The number of benzene rings is 1. The highest BCUT2D eigenvalue weighted by atomic mass is 32.2. The predicted molar refractivity (Wildman–Crippen MR) is 131 cm³/mol. The van der Waals surface area contributed by atoms with Crippen molar-refractivity contribution in [3.63, 3.8) is 0 Å². The Kier molecular flexibility index (Phi) is 9.02. The number of thiophene rings is 1. The third-order valence-corrected chi connectivity index (χ3v) is 9.00. The molecular weight excluding hydrogens is 442 g/mol. The number of piperidine rings is 1. The maximum Gasteiger partial charge on any atom is 0.243 e. The van der Waals surface area contributed by atoms with Gasteiger partial charge in [-0.2, -0.15) is 4.31 Å². The van der Waals surface area contributed by atoms with Gasteiger partial charge in [0, 0.05) is 30.1 Å². The summed E-state index contributed by atoms with van der Waals surface area (Å²) < 4.78 is 27.7. The lowest BCUT2D eigenvalue weighted by molar-refractivity contribution is 0.0987. The molecule has 0 saturated carbocycles. The van der Waals surface area contributed by atoms with E-state index in [4.69, 9.17) is 0 Å². The van der Waals surface area contributed by atoms with Gasteiger partial charge in [-0.15, -0.1) is 11.3 Å². The Morgan fingerprint density at radius 2 is 2.03 bits per heavy atom. The van der Waals surface area contributed by atoms with Crippen LogP contribution in [0.3, 0.4) is 0 Å². The SMILES string of the molecule is CCN(CC)C(CNCC(=O)c1cccc(S(=O)(=O)N2CCCC(C)C2)c1)c1cccs1. The Labute approximate surface area is 196 Å². The largest absolute Gasteiger partial charge is 0.308 e. The molecule has 2 heterocycles. The van der Waals surface area contributed by atoms with Gasteiger partial charge >= 0.3 is 0 Å². The molecule has 0 radical (unpaired) electrons. The zero-order chi connectivity index (χ0) is 23.1. The highest BCUT2D eigenvalue weighted by Gasteiger charge is 2.29. The fraction of sp³-hybridized carbons (Fsp3) is 0.542. The van der Waals surface area contributed by atoms with Crippen molar-refractivity contribution in [2.45, 2.75) is 44.6 Å². The van der Waals surface area contributed by atoms with Gasteiger partial charge < -0.3 is 5.32 Å². The first kappa shape index (κ1) is 25.1. The van der Waals surface area contributed by atoms with Crippen molar-refractivity contribution < 1.29 is 13.2 Å². The van der Waals surface area contributed by atoms with E-state index in [2.05, 4.69) is 48.5 Å². The van der Waals surface area contributed by atoms with Gasteiger partial charge in [0.15, 0.2) is 5.78 Å². The molecule has 0 amide bonds. The van der Waals surface area contributed by atoms with Gasteiger partial charge in [-0.3, -0.25) is 9.69 Å². The van der Waals surface area contributed by atoms with Crippen LogP contribution in [0.1, 0.15) is 54.9 Å². The molecule has 1 aromatic carbocycles. The first-order valence-corrected chi connectivity index (χ1v) is 13.8. The van der Waals surface area contributed by atoms with E-state index in [0.29, 0.717) is 31.1 Å². The standard InChI is InChI=1S/C24H35N3O3S2/c1-4-26(5-2)22(24-12-8-14-31-24)16-25-17-23(28)20-10-6-11-21(15-20)32(29,30)27-13-7-9-19(3)18-27/h6,8,10-12,14-15,19,22,25H,4-5,7,9,13,16-18H2,1-3H3. The fourth-order valence-corrected chi connectivity index (χ4v) is 6.83. The molecule has 6 nitrogen and oxygen atoms in total. The van der Waals surface area contributed by atoms with E-state index >= 15 is 0 Å². The van der Waals surface area contributed by atoms with E-state index in [1.165, 1.54) is 10.9 Å². The minimum absolute atomic E-state index is 0.0986. The highest BCUT2D eigenvalue weighted by molar-refractivity contribution is 7.89. The van der Waals surface area contributed by atoms with Crippen molar-refractivity contribution in [2.24, 2.45) is 5.92 Å². The van der Waals surface area contributed by atoms with Gasteiger partial charge in [0.25, 0.3) is 0 Å². The maximum atomic E-state index is 13.1. The molecule has 1 N–H and O–H groups in total.